The van der Waals surface area contributed by atoms with Gasteiger partial charge in [-0.15, -0.1) is 0 Å². The fourth-order valence-electron chi connectivity index (χ4n) is 7.38. The molecule has 12 atom stereocenters. The molecule has 6 aliphatic rings. The van der Waals surface area contributed by atoms with Crippen molar-refractivity contribution in [3.63, 3.8) is 0 Å². The van der Waals surface area contributed by atoms with Gasteiger partial charge in [0.25, 0.3) is 0 Å². The topological polar surface area (TPSA) is 230 Å². The molecular formula is C38H59NO20. The van der Waals surface area contributed by atoms with Crippen LogP contribution in [0.15, 0.2) is 0 Å². The van der Waals surface area contributed by atoms with Crippen LogP contribution in [0, 0.1) is 10.8 Å². The van der Waals surface area contributed by atoms with E-state index in [2.05, 4.69) is 0 Å². The molecule has 0 aliphatic carbocycles. The molecule has 6 aliphatic heterocycles. The molecule has 21 nitrogen and oxygen atoms in total. The lowest BCUT2D eigenvalue weighted by Crippen LogP contribution is -2.45. The van der Waals surface area contributed by atoms with Crippen molar-refractivity contribution in [2.75, 3.05) is 53.7 Å². The molecule has 0 aromatic carbocycles. The van der Waals surface area contributed by atoms with Crippen molar-refractivity contribution in [1.82, 2.24) is 4.90 Å². The summed E-state index contributed by atoms with van der Waals surface area (Å²) in [6.07, 6.45) is -10.4. The van der Waals surface area contributed by atoms with Crippen LogP contribution >= 0.6 is 0 Å². The van der Waals surface area contributed by atoms with E-state index >= 15 is 0 Å². The average molecular weight is 850 g/mol. The summed E-state index contributed by atoms with van der Waals surface area (Å²) >= 11 is 0. The van der Waals surface area contributed by atoms with Gasteiger partial charge in [0.2, 0.25) is 12.6 Å². The highest BCUT2D eigenvalue weighted by molar-refractivity contribution is 5.78. The summed E-state index contributed by atoms with van der Waals surface area (Å²) in [5, 5.41) is 10.3. The third-order valence-electron chi connectivity index (χ3n) is 10.6. The highest BCUT2D eigenvalue weighted by Crippen LogP contribution is 2.45. The molecule has 6 saturated heterocycles. The lowest BCUT2D eigenvalue weighted by molar-refractivity contribution is -0.249. The van der Waals surface area contributed by atoms with Crippen LogP contribution in [0.5, 0.6) is 0 Å². The van der Waals surface area contributed by atoms with Crippen LogP contribution in [0.4, 0.5) is 9.59 Å². The lowest BCUT2D eigenvalue weighted by Gasteiger charge is -2.30. The first kappa shape index (κ1) is 45.6. The van der Waals surface area contributed by atoms with Gasteiger partial charge in [-0.2, -0.15) is 0 Å². The smallest absolute Gasteiger partial charge is 0.448 e. The van der Waals surface area contributed by atoms with Gasteiger partial charge in [-0.25, -0.2) is 9.59 Å². The van der Waals surface area contributed by atoms with Crippen LogP contribution in [0.1, 0.15) is 69.2 Å². The molecular weight excluding hydrogens is 790 g/mol. The quantitative estimate of drug-likeness (QED) is 0.205. The largest absolute Gasteiger partial charge is 0.508 e. The van der Waals surface area contributed by atoms with E-state index in [4.69, 9.17) is 71.1 Å². The summed E-state index contributed by atoms with van der Waals surface area (Å²) in [5.74, 6) is -5.78. The van der Waals surface area contributed by atoms with Crippen LogP contribution in [0.25, 0.3) is 0 Å². The van der Waals surface area contributed by atoms with Crippen LogP contribution < -0.4 is 0 Å². The number of amides is 1. The Bertz CT molecular complexity index is 1590. The molecule has 0 spiro atoms. The van der Waals surface area contributed by atoms with Gasteiger partial charge in [0.1, 0.15) is 67.3 Å². The van der Waals surface area contributed by atoms with Crippen molar-refractivity contribution in [3.8, 4) is 0 Å². The minimum Gasteiger partial charge on any atom is -0.448 e. The van der Waals surface area contributed by atoms with Crippen LogP contribution in [0.3, 0.4) is 0 Å². The molecule has 1 N–H and O–H groups in total. The maximum Gasteiger partial charge on any atom is 0.508 e. The maximum atomic E-state index is 13.9. The van der Waals surface area contributed by atoms with Gasteiger partial charge >= 0.3 is 24.2 Å². The first-order valence-electron chi connectivity index (χ1n) is 19.6. The zero-order valence-corrected chi connectivity index (χ0v) is 35.7. The van der Waals surface area contributed by atoms with Gasteiger partial charge in [0.15, 0.2) is 35.4 Å². The van der Waals surface area contributed by atoms with Crippen LogP contribution in [-0.2, 0) is 80.6 Å². The van der Waals surface area contributed by atoms with E-state index in [1.807, 2.05) is 0 Å². The molecule has 59 heavy (non-hydrogen) atoms. The number of carbonyl (C=O) groups is 4. The number of hydrogen-bond acceptors (Lipinski definition) is 20. The number of carbonyl (C=O) groups excluding carboxylic acids is 4. The van der Waals surface area contributed by atoms with E-state index in [0.29, 0.717) is 0 Å². The molecule has 6 rings (SSSR count). The Morgan fingerprint density at radius 1 is 0.576 bits per heavy atom. The summed E-state index contributed by atoms with van der Waals surface area (Å²) < 4.78 is 87.4. The predicted octanol–water partition coefficient (Wildman–Crippen LogP) is 1.72. The molecule has 6 heterocycles. The summed E-state index contributed by atoms with van der Waals surface area (Å²) in [6.45, 7) is 14.1. The second-order valence-electron chi connectivity index (χ2n) is 18.2. The summed E-state index contributed by atoms with van der Waals surface area (Å²) in [5.41, 5.74) is -3.63. The Kier molecular flexibility index (Phi) is 12.7. The molecule has 1 amide bonds. The minimum atomic E-state index is -1.82. The van der Waals surface area contributed by atoms with Crippen molar-refractivity contribution in [2.24, 2.45) is 10.8 Å². The third kappa shape index (κ3) is 10.1. The number of fused-ring (bicyclic) bond motifs is 2. The molecule has 6 fully saturated rings. The molecule has 0 aromatic heterocycles. The van der Waals surface area contributed by atoms with Gasteiger partial charge in [-0.1, -0.05) is 0 Å². The first-order valence-corrected chi connectivity index (χ1v) is 19.6. The van der Waals surface area contributed by atoms with E-state index in [0.717, 1.165) is 4.90 Å². The van der Waals surface area contributed by atoms with Gasteiger partial charge in [-0.3, -0.25) is 9.59 Å². The zero-order valence-electron chi connectivity index (χ0n) is 35.7. The Hall–Kier alpha value is -2.96. The van der Waals surface area contributed by atoms with E-state index < -0.39 is 146 Å². The molecule has 6 unspecified atom stereocenters. The molecule has 21 heteroatoms. The standard InChI is InChI=1S/C38H59NO20/c1-33(2)48-13-19(54-33)21-23-25(58-35(5,6)56-23)27(50-21)52-29(41)37(9,15-40)16-46-32(44)47-18-38(10,17-45-31(43)39(11)12)30(42)53-28-26-24(57-36(7,8)59-26)22(51-28)20-14-49-34(3,4)55-20/h19-28,40H,13-18H2,1-12H3/t19?,20?,21-,22-,23+,24+,25+,26+,27?,28?,37?,38?/m1/s1. The number of ether oxygens (including phenoxy) is 15. The summed E-state index contributed by atoms with van der Waals surface area (Å²) in [4.78, 5) is 54.1. The Labute approximate surface area is 342 Å². The molecule has 0 saturated carbocycles. The Morgan fingerprint density at radius 2 is 0.966 bits per heavy atom. The Morgan fingerprint density at radius 3 is 1.36 bits per heavy atom. The second kappa shape index (κ2) is 16.4. The number of esters is 2. The van der Waals surface area contributed by atoms with E-state index in [9.17, 15) is 24.3 Å². The average Bonchev–Trinajstić information content (AvgIpc) is 3.97. The zero-order chi connectivity index (χ0) is 43.5. The van der Waals surface area contributed by atoms with Crippen LogP contribution in [0.2, 0.25) is 0 Å². The maximum absolute atomic E-state index is 13.9. The molecule has 0 radical (unpaired) electrons. The predicted molar refractivity (Wildman–Crippen MR) is 193 cm³/mol. The first-order chi connectivity index (χ1) is 27.2. The number of hydrogen-bond donors (Lipinski definition) is 1. The number of aliphatic hydroxyl groups is 1. The van der Waals surface area contributed by atoms with Gasteiger partial charge in [0.05, 0.1) is 19.8 Å². The number of nitrogens with zero attached hydrogens (tertiary/aromatic N) is 1. The second-order valence-corrected chi connectivity index (χ2v) is 18.2. The number of aliphatic hydroxyl groups excluding tert-OH is 1. The normalized spacial score (nSPS) is 36.8. The SMILES string of the molecule is CN(C)C(=O)OCC(C)(COC(=O)OCC(C)(CO)C(=O)OC1O[C@H](C2COC(C)(C)O2)[C@@H]2OC(C)(C)O[C@H]12)C(=O)OC1O[C@H](C2COC(C)(C)O2)[C@@H]2OC(C)(C)O[C@H]12. The van der Waals surface area contributed by atoms with E-state index in [-0.39, 0.29) is 13.2 Å². The fraction of sp³-hybridized carbons (Fsp3) is 0.895. The Balaban J connectivity index is 1.08. The van der Waals surface area contributed by atoms with E-state index in [1.165, 1.54) is 27.9 Å². The van der Waals surface area contributed by atoms with Crippen LogP contribution in [-0.4, -0.2) is 172 Å². The van der Waals surface area contributed by atoms with Crippen molar-refractivity contribution < 1.29 is 95.3 Å². The monoisotopic (exact) mass is 849 g/mol. The summed E-state index contributed by atoms with van der Waals surface area (Å²) in [6, 6.07) is 0. The molecule has 0 aromatic rings. The molecule has 336 valence electrons. The highest BCUT2D eigenvalue weighted by Gasteiger charge is 2.62. The van der Waals surface area contributed by atoms with Crippen molar-refractivity contribution >= 4 is 24.2 Å². The lowest BCUT2D eigenvalue weighted by atomic mass is 9.93. The fourth-order valence-corrected chi connectivity index (χ4v) is 7.38. The van der Waals surface area contributed by atoms with Gasteiger partial charge in [0, 0.05) is 14.1 Å². The summed E-state index contributed by atoms with van der Waals surface area (Å²) in [7, 11) is 2.89. The highest BCUT2D eigenvalue weighted by atomic mass is 16.8. The van der Waals surface area contributed by atoms with Crippen molar-refractivity contribution in [2.45, 2.75) is 154 Å². The minimum absolute atomic E-state index is 0.189. The van der Waals surface area contributed by atoms with E-state index in [1.54, 1.807) is 55.4 Å². The molecule has 0 bridgehead atoms. The van der Waals surface area contributed by atoms with Crippen molar-refractivity contribution in [1.29, 1.82) is 0 Å². The van der Waals surface area contributed by atoms with Gasteiger partial charge in [-0.05, 0) is 69.2 Å². The van der Waals surface area contributed by atoms with Gasteiger partial charge < -0.3 is 81.1 Å². The van der Waals surface area contributed by atoms with Crippen molar-refractivity contribution in [3.05, 3.63) is 0 Å². The number of rotatable bonds is 13. The third-order valence-corrected chi connectivity index (χ3v) is 10.6.